The summed E-state index contributed by atoms with van der Waals surface area (Å²) >= 11 is 3.38. The second-order valence-corrected chi connectivity index (χ2v) is 5.29. The van der Waals surface area contributed by atoms with Crippen LogP contribution in [0, 0.1) is 0 Å². The second-order valence-electron chi connectivity index (χ2n) is 4.44. The fourth-order valence-corrected chi connectivity index (χ4v) is 1.89. The van der Waals surface area contributed by atoms with E-state index < -0.39 is 0 Å². The van der Waals surface area contributed by atoms with Gasteiger partial charge in [0.25, 0.3) is 0 Å². The smallest absolute Gasteiger partial charge is 0.224 e. The van der Waals surface area contributed by atoms with Crippen molar-refractivity contribution in [3.05, 3.63) is 10.7 Å². The number of nitrogens with one attached hydrogen (secondary N) is 3. The van der Waals surface area contributed by atoms with Gasteiger partial charge in [0.05, 0.1) is 4.47 Å². The lowest BCUT2D eigenvalue weighted by molar-refractivity contribution is -0.120. The highest BCUT2D eigenvalue weighted by atomic mass is 79.9. The molecule has 0 saturated heterocycles. The molecule has 0 aromatic carbocycles. The van der Waals surface area contributed by atoms with E-state index in [2.05, 4.69) is 41.8 Å². The van der Waals surface area contributed by atoms with Gasteiger partial charge in [0.1, 0.15) is 5.82 Å². The number of hydrogen-bond donors (Lipinski definition) is 3. The number of rotatable bonds is 7. The Balaban J connectivity index is 1.80. The average molecular weight is 328 g/mol. The van der Waals surface area contributed by atoms with Crippen molar-refractivity contribution >= 4 is 33.6 Å². The molecule has 7 heteroatoms. The fourth-order valence-electron chi connectivity index (χ4n) is 1.56. The number of aromatic nitrogens is 2. The zero-order valence-electron chi connectivity index (χ0n) is 10.9. The average Bonchev–Trinajstić information content (AvgIpc) is 3.17. The Morgan fingerprint density at radius 1 is 1.47 bits per heavy atom. The maximum absolute atomic E-state index is 11.5. The molecule has 1 aromatic rings. The van der Waals surface area contributed by atoms with Gasteiger partial charge in [-0.25, -0.2) is 4.98 Å². The highest BCUT2D eigenvalue weighted by Crippen LogP contribution is 2.20. The van der Waals surface area contributed by atoms with Crippen LogP contribution in [0.2, 0.25) is 0 Å². The van der Waals surface area contributed by atoms with Gasteiger partial charge in [0.2, 0.25) is 11.9 Å². The Kier molecular flexibility index (Phi) is 4.95. The van der Waals surface area contributed by atoms with Crippen molar-refractivity contribution in [1.82, 2.24) is 15.3 Å². The van der Waals surface area contributed by atoms with Crippen LogP contribution in [0.25, 0.3) is 0 Å². The summed E-state index contributed by atoms with van der Waals surface area (Å²) in [5.41, 5.74) is 0. The largest absolute Gasteiger partial charge is 0.368 e. The van der Waals surface area contributed by atoms with Crippen LogP contribution in [-0.4, -0.2) is 35.0 Å². The number of halogens is 1. The molecule has 0 spiro atoms. The maximum atomic E-state index is 11.5. The quantitative estimate of drug-likeness (QED) is 0.711. The van der Waals surface area contributed by atoms with Crippen LogP contribution in [0.4, 0.5) is 11.8 Å². The number of carbonyl (C=O) groups excluding carboxylic acids is 1. The van der Waals surface area contributed by atoms with E-state index in [0.29, 0.717) is 30.8 Å². The highest BCUT2D eigenvalue weighted by Gasteiger charge is 2.22. The third kappa shape index (κ3) is 4.66. The topological polar surface area (TPSA) is 78.9 Å². The summed E-state index contributed by atoms with van der Waals surface area (Å²) in [6, 6.07) is 0.415. The number of hydrogen-bond acceptors (Lipinski definition) is 5. The van der Waals surface area contributed by atoms with Crippen LogP contribution >= 0.6 is 15.9 Å². The molecule has 3 N–H and O–H groups in total. The molecule has 1 aliphatic carbocycles. The Hall–Kier alpha value is -1.37. The third-order valence-corrected chi connectivity index (χ3v) is 3.25. The molecule has 1 aliphatic rings. The molecule has 6 nitrogen and oxygen atoms in total. The zero-order chi connectivity index (χ0) is 13.7. The second kappa shape index (κ2) is 6.70. The molecule has 1 amide bonds. The van der Waals surface area contributed by atoms with Gasteiger partial charge in [-0.3, -0.25) is 4.79 Å². The Bertz CT molecular complexity index is 450. The first-order valence-corrected chi connectivity index (χ1v) is 7.28. The summed E-state index contributed by atoms with van der Waals surface area (Å²) < 4.78 is 0.789. The van der Waals surface area contributed by atoms with E-state index in [1.807, 2.05) is 6.92 Å². The van der Waals surface area contributed by atoms with E-state index in [4.69, 9.17) is 0 Å². The van der Waals surface area contributed by atoms with Crippen LogP contribution in [0.1, 0.15) is 26.2 Å². The van der Waals surface area contributed by atoms with E-state index in [-0.39, 0.29) is 5.91 Å². The van der Waals surface area contributed by atoms with Gasteiger partial charge in [-0.05, 0) is 35.7 Å². The standard InChI is InChI=1S/C12H18BrN5O/c1-2-14-12-16-7-9(13)11(18-12)15-6-5-10(19)17-8-3-4-8/h7-8H,2-6H2,1H3,(H,17,19)(H2,14,15,16,18). The lowest BCUT2D eigenvalue weighted by atomic mass is 10.4. The molecular formula is C12H18BrN5O. The van der Waals surface area contributed by atoms with E-state index in [1.165, 1.54) is 0 Å². The van der Waals surface area contributed by atoms with Crippen LogP contribution in [-0.2, 0) is 4.79 Å². The fraction of sp³-hybridized carbons (Fsp3) is 0.583. The molecule has 1 heterocycles. The van der Waals surface area contributed by atoms with E-state index in [0.717, 1.165) is 23.9 Å². The maximum Gasteiger partial charge on any atom is 0.224 e. The molecule has 1 aromatic heterocycles. The minimum Gasteiger partial charge on any atom is -0.368 e. The summed E-state index contributed by atoms with van der Waals surface area (Å²) in [6.45, 7) is 3.31. The number of nitrogens with zero attached hydrogens (tertiary/aromatic N) is 2. The van der Waals surface area contributed by atoms with Gasteiger partial charge in [0, 0.05) is 31.7 Å². The number of carbonyl (C=O) groups is 1. The van der Waals surface area contributed by atoms with Crippen LogP contribution < -0.4 is 16.0 Å². The minimum absolute atomic E-state index is 0.0899. The first-order chi connectivity index (χ1) is 9.19. The lowest BCUT2D eigenvalue weighted by Crippen LogP contribution is -2.27. The Morgan fingerprint density at radius 3 is 2.95 bits per heavy atom. The molecule has 1 fully saturated rings. The zero-order valence-corrected chi connectivity index (χ0v) is 12.5. The van der Waals surface area contributed by atoms with Crippen molar-refractivity contribution in [2.24, 2.45) is 0 Å². The van der Waals surface area contributed by atoms with Gasteiger partial charge in [-0.15, -0.1) is 0 Å². The minimum atomic E-state index is 0.0899. The molecule has 19 heavy (non-hydrogen) atoms. The predicted molar refractivity (Wildman–Crippen MR) is 78.2 cm³/mol. The summed E-state index contributed by atoms with van der Waals surface area (Å²) in [4.78, 5) is 20.0. The highest BCUT2D eigenvalue weighted by molar-refractivity contribution is 9.10. The molecule has 0 atom stereocenters. The summed E-state index contributed by atoms with van der Waals surface area (Å²) in [5.74, 6) is 1.37. The van der Waals surface area contributed by atoms with Crippen molar-refractivity contribution in [1.29, 1.82) is 0 Å². The van der Waals surface area contributed by atoms with E-state index in [1.54, 1.807) is 6.20 Å². The van der Waals surface area contributed by atoms with Crippen molar-refractivity contribution in [2.45, 2.75) is 32.2 Å². The van der Waals surface area contributed by atoms with Crippen molar-refractivity contribution in [3.8, 4) is 0 Å². The predicted octanol–water partition coefficient (Wildman–Crippen LogP) is 1.75. The summed E-state index contributed by atoms with van der Waals surface area (Å²) in [7, 11) is 0. The summed E-state index contributed by atoms with van der Waals surface area (Å²) in [6.07, 6.45) is 4.37. The summed E-state index contributed by atoms with van der Waals surface area (Å²) in [5, 5.41) is 9.13. The van der Waals surface area contributed by atoms with Crippen molar-refractivity contribution in [2.75, 3.05) is 23.7 Å². The van der Waals surface area contributed by atoms with Gasteiger partial charge in [-0.2, -0.15) is 4.98 Å². The van der Waals surface area contributed by atoms with E-state index >= 15 is 0 Å². The number of anilines is 2. The molecule has 0 unspecified atom stereocenters. The molecule has 0 aliphatic heterocycles. The molecule has 1 saturated carbocycles. The third-order valence-electron chi connectivity index (χ3n) is 2.67. The van der Waals surface area contributed by atoms with Crippen LogP contribution in [0.15, 0.2) is 10.7 Å². The molecule has 0 radical (unpaired) electrons. The monoisotopic (exact) mass is 327 g/mol. The normalized spacial score (nSPS) is 14.0. The molecule has 0 bridgehead atoms. The van der Waals surface area contributed by atoms with Gasteiger partial charge in [0.15, 0.2) is 0 Å². The number of amides is 1. The SMILES string of the molecule is CCNc1ncc(Br)c(NCCC(=O)NC2CC2)n1. The van der Waals surface area contributed by atoms with E-state index in [9.17, 15) is 4.79 Å². The Morgan fingerprint density at radius 2 is 2.26 bits per heavy atom. The van der Waals surface area contributed by atoms with Gasteiger partial charge in [-0.1, -0.05) is 0 Å². The Labute approximate surface area is 120 Å². The van der Waals surface area contributed by atoms with Crippen molar-refractivity contribution in [3.63, 3.8) is 0 Å². The van der Waals surface area contributed by atoms with Crippen molar-refractivity contribution < 1.29 is 4.79 Å². The van der Waals surface area contributed by atoms with Crippen LogP contribution in [0.3, 0.4) is 0 Å². The molecular weight excluding hydrogens is 310 g/mol. The molecule has 2 rings (SSSR count). The molecule has 104 valence electrons. The van der Waals surface area contributed by atoms with Gasteiger partial charge < -0.3 is 16.0 Å². The lowest BCUT2D eigenvalue weighted by Gasteiger charge is -2.09. The van der Waals surface area contributed by atoms with Gasteiger partial charge >= 0.3 is 0 Å². The first kappa shape index (κ1) is 14.0. The van der Waals surface area contributed by atoms with Crippen LogP contribution in [0.5, 0.6) is 0 Å². The first-order valence-electron chi connectivity index (χ1n) is 6.48.